The van der Waals surface area contributed by atoms with E-state index in [0.29, 0.717) is 5.78 Å². The van der Waals surface area contributed by atoms with E-state index in [1.165, 1.54) is 18.5 Å². The van der Waals surface area contributed by atoms with Crippen molar-refractivity contribution in [2.75, 3.05) is 0 Å². The zero-order valence-corrected chi connectivity index (χ0v) is 8.21. The van der Waals surface area contributed by atoms with Crippen LogP contribution in [0.25, 0.3) is 17.0 Å². The van der Waals surface area contributed by atoms with Gasteiger partial charge in [0.2, 0.25) is 0 Å². The third-order valence-corrected chi connectivity index (χ3v) is 2.32. The summed E-state index contributed by atoms with van der Waals surface area (Å²) in [6.07, 6.45) is 3.10. The van der Waals surface area contributed by atoms with Crippen LogP contribution >= 0.6 is 0 Å². The Bertz CT molecular complexity index is 630. The summed E-state index contributed by atoms with van der Waals surface area (Å²) < 4.78 is 14.4. The molecule has 0 atom stereocenters. The second-order valence-corrected chi connectivity index (χ2v) is 3.31. The molecule has 0 aliphatic heterocycles. The molecule has 0 radical (unpaired) electrons. The highest BCUT2D eigenvalue weighted by Gasteiger charge is 2.05. The first-order valence-electron chi connectivity index (χ1n) is 4.75. The highest BCUT2D eigenvalue weighted by Crippen LogP contribution is 2.18. The molecule has 0 unspecified atom stereocenters. The SMILES string of the molecule is Fc1ccc(-c2ccnc3ncnn23)cc1. The van der Waals surface area contributed by atoms with E-state index in [9.17, 15) is 4.39 Å². The first kappa shape index (κ1) is 8.96. The monoisotopic (exact) mass is 214 g/mol. The summed E-state index contributed by atoms with van der Waals surface area (Å²) in [6.45, 7) is 0. The van der Waals surface area contributed by atoms with Gasteiger partial charge in [-0.3, -0.25) is 0 Å². The number of hydrogen-bond donors (Lipinski definition) is 0. The maximum atomic E-state index is 12.8. The van der Waals surface area contributed by atoms with Crippen LogP contribution in [0, 0.1) is 5.82 Å². The smallest absolute Gasteiger partial charge is 0.220 e. The number of aromatic nitrogens is 4. The molecule has 4 nitrogen and oxygen atoms in total. The van der Waals surface area contributed by atoms with Crippen molar-refractivity contribution in [3.05, 3.63) is 48.7 Å². The molecule has 0 N–H and O–H groups in total. The summed E-state index contributed by atoms with van der Waals surface area (Å²) in [4.78, 5) is 8.05. The Labute approximate surface area is 90.4 Å². The normalized spacial score (nSPS) is 10.8. The summed E-state index contributed by atoms with van der Waals surface area (Å²) in [6, 6.07) is 8.05. The maximum Gasteiger partial charge on any atom is 0.252 e. The van der Waals surface area contributed by atoms with E-state index >= 15 is 0 Å². The van der Waals surface area contributed by atoms with Gasteiger partial charge in [0.25, 0.3) is 5.78 Å². The summed E-state index contributed by atoms with van der Waals surface area (Å²) in [5.41, 5.74) is 1.71. The van der Waals surface area contributed by atoms with Gasteiger partial charge in [-0.25, -0.2) is 9.37 Å². The van der Waals surface area contributed by atoms with Crippen LogP contribution in [0.15, 0.2) is 42.9 Å². The Morgan fingerprint density at radius 1 is 1.00 bits per heavy atom. The van der Waals surface area contributed by atoms with Gasteiger partial charge in [-0.05, 0) is 30.3 Å². The molecule has 5 heteroatoms. The van der Waals surface area contributed by atoms with Gasteiger partial charge < -0.3 is 0 Å². The quantitative estimate of drug-likeness (QED) is 0.621. The molecule has 3 aromatic rings. The summed E-state index contributed by atoms with van der Waals surface area (Å²) in [5, 5.41) is 4.07. The predicted molar refractivity (Wildman–Crippen MR) is 56.2 cm³/mol. The van der Waals surface area contributed by atoms with E-state index in [0.717, 1.165) is 11.3 Å². The third-order valence-electron chi connectivity index (χ3n) is 2.32. The Morgan fingerprint density at radius 2 is 1.81 bits per heavy atom. The fraction of sp³-hybridized carbons (Fsp3) is 0. The van der Waals surface area contributed by atoms with Crippen LogP contribution in [-0.4, -0.2) is 19.6 Å². The molecule has 16 heavy (non-hydrogen) atoms. The first-order chi connectivity index (χ1) is 7.84. The number of fused-ring (bicyclic) bond motifs is 1. The molecule has 1 aromatic carbocycles. The molecule has 0 bridgehead atoms. The Balaban J connectivity index is 2.25. The van der Waals surface area contributed by atoms with Crippen LogP contribution < -0.4 is 0 Å². The van der Waals surface area contributed by atoms with E-state index in [1.54, 1.807) is 22.8 Å². The second kappa shape index (κ2) is 3.37. The average molecular weight is 214 g/mol. The van der Waals surface area contributed by atoms with Crippen molar-refractivity contribution >= 4 is 5.78 Å². The van der Waals surface area contributed by atoms with Crippen LogP contribution in [0.3, 0.4) is 0 Å². The van der Waals surface area contributed by atoms with Crippen molar-refractivity contribution in [1.82, 2.24) is 19.6 Å². The molecule has 0 amide bonds. The lowest BCUT2D eigenvalue weighted by Gasteiger charge is -2.02. The van der Waals surface area contributed by atoms with Crippen LogP contribution in [0.2, 0.25) is 0 Å². The number of rotatable bonds is 1. The number of benzene rings is 1. The van der Waals surface area contributed by atoms with Gasteiger partial charge in [0.1, 0.15) is 12.1 Å². The van der Waals surface area contributed by atoms with Crippen LogP contribution in [0.5, 0.6) is 0 Å². The molecule has 0 saturated carbocycles. The summed E-state index contributed by atoms with van der Waals surface area (Å²) in [7, 11) is 0. The molecule has 0 fully saturated rings. The molecular formula is C11H7FN4. The molecule has 0 aliphatic carbocycles. The first-order valence-corrected chi connectivity index (χ1v) is 4.75. The molecule has 0 spiro atoms. The lowest BCUT2D eigenvalue weighted by molar-refractivity contribution is 0.628. The van der Waals surface area contributed by atoms with Crippen molar-refractivity contribution in [3.8, 4) is 11.3 Å². The third kappa shape index (κ3) is 1.33. The second-order valence-electron chi connectivity index (χ2n) is 3.31. The van der Waals surface area contributed by atoms with Gasteiger partial charge in [0.05, 0.1) is 5.69 Å². The van der Waals surface area contributed by atoms with Crippen LogP contribution in [0.4, 0.5) is 4.39 Å². The molecular weight excluding hydrogens is 207 g/mol. The Kier molecular flexibility index (Phi) is 1.89. The van der Waals surface area contributed by atoms with Crippen LogP contribution in [0.1, 0.15) is 0 Å². The number of halogens is 1. The number of hydrogen-bond acceptors (Lipinski definition) is 3. The van der Waals surface area contributed by atoms with Crippen molar-refractivity contribution in [1.29, 1.82) is 0 Å². The van der Waals surface area contributed by atoms with E-state index in [1.807, 2.05) is 6.07 Å². The maximum absolute atomic E-state index is 12.8. The molecule has 3 rings (SSSR count). The minimum absolute atomic E-state index is 0.257. The summed E-state index contributed by atoms with van der Waals surface area (Å²) >= 11 is 0. The van der Waals surface area contributed by atoms with Gasteiger partial charge in [-0.15, -0.1) is 0 Å². The average Bonchev–Trinajstić information content (AvgIpc) is 2.78. The standard InChI is InChI=1S/C11H7FN4/c12-9-3-1-8(2-4-9)10-5-6-13-11-14-7-15-16(10)11/h1-7H. The Morgan fingerprint density at radius 3 is 2.62 bits per heavy atom. The van der Waals surface area contributed by atoms with E-state index in [4.69, 9.17) is 0 Å². The zero-order valence-electron chi connectivity index (χ0n) is 8.21. The molecule has 2 heterocycles. The Hall–Kier alpha value is -2.30. The van der Waals surface area contributed by atoms with Gasteiger partial charge in [-0.1, -0.05) is 0 Å². The fourth-order valence-electron chi connectivity index (χ4n) is 1.58. The minimum atomic E-state index is -0.257. The predicted octanol–water partition coefficient (Wildman–Crippen LogP) is 1.93. The topological polar surface area (TPSA) is 43.1 Å². The molecule has 0 aliphatic rings. The van der Waals surface area contributed by atoms with Crippen molar-refractivity contribution in [2.24, 2.45) is 0 Å². The molecule has 2 aromatic heterocycles. The van der Waals surface area contributed by atoms with E-state index in [2.05, 4.69) is 15.1 Å². The highest BCUT2D eigenvalue weighted by atomic mass is 19.1. The van der Waals surface area contributed by atoms with Gasteiger partial charge in [0, 0.05) is 11.8 Å². The van der Waals surface area contributed by atoms with Crippen molar-refractivity contribution < 1.29 is 4.39 Å². The van der Waals surface area contributed by atoms with Gasteiger partial charge >= 0.3 is 0 Å². The molecule has 78 valence electrons. The minimum Gasteiger partial charge on any atom is -0.220 e. The largest absolute Gasteiger partial charge is 0.252 e. The van der Waals surface area contributed by atoms with Crippen LogP contribution in [-0.2, 0) is 0 Å². The summed E-state index contributed by atoms with van der Waals surface area (Å²) in [5.74, 6) is 0.273. The van der Waals surface area contributed by atoms with Gasteiger partial charge in [0.15, 0.2) is 0 Å². The highest BCUT2D eigenvalue weighted by molar-refractivity contribution is 5.60. The number of nitrogens with zero attached hydrogens (tertiary/aromatic N) is 4. The van der Waals surface area contributed by atoms with E-state index in [-0.39, 0.29) is 5.82 Å². The zero-order chi connectivity index (χ0) is 11.0. The van der Waals surface area contributed by atoms with E-state index < -0.39 is 0 Å². The lowest BCUT2D eigenvalue weighted by Crippen LogP contribution is -1.95. The lowest BCUT2D eigenvalue weighted by atomic mass is 10.1. The van der Waals surface area contributed by atoms with Gasteiger partial charge in [-0.2, -0.15) is 14.6 Å². The molecule has 0 saturated heterocycles. The fourth-order valence-corrected chi connectivity index (χ4v) is 1.58. The van der Waals surface area contributed by atoms with Crippen molar-refractivity contribution in [2.45, 2.75) is 0 Å². The van der Waals surface area contributed by atoms with Crippen molar-refractivity contribution in [3.63, 3.8) is 0 Å².